The maximum atomic E-state index is 12.7. The number of hydrogen-bond donors (Lipinski definition) is 1. The second kappa shape index (κ2) is 5.01. The molecule has 1 N–H and O–H groups in total. The first-order valence-electron chi connectivity index (χ1n) is 9.00. The summed E-state index contributed by atoms with van der Waals surface area (Å²) in [7, 11) is 0. The topological polar surface area (TPSA) is 63.6 Å². The van der Waals surface area contributed by atoms with Gasteiger partial charge in [-0.05, 0) is 38.0 Å². The lowest BCUT2D eigenvalue weighted by Gasteiger charge is -2.65. The third-order valence-corrected chi connectivity index (χ3v) is 7.65. The Bertz CT molecular complexity index is 609. The molecule has 1 aliphatic heterocycles. The summed E-state index contributed by atoms with van der Waals surface area (Å²) in [5.41, 5.74) is -2.50. The van der Waals surface area contributed by atoms with Crippen LogP contribution in [0.1, 0.15) is 60.3 Å². The largest absolute Gasteiger partial charge is 0.390 e. The minimum Gasteiger partial charge on any atom is -0.390 e. The molecule has 6 atom stereocenters. The lowest BCUT2D eigenvalue weighted by molar-refractivity contribution is -0.274. The van der Waals surface area contributed by atoms with Gasteiger partial charge in [0.1, 0.15) is 11.4 Å². The van der Waals surface area contributed by atoms with E-state index in [1.165, 1.54) is 0 Å². The summed E-state index contributed by atoms with van der Waals surface area (Å²) in [6.45, 7) is 13.6. The van der Waals surface area contributed by atoms with Gasteiger partial charge in [-0.15, -0.1) is 0 Å². The predicted octanol–water partition coefficient (Wildman–Crippen LogP) is 3.07. The quantitative estimate of drug-likeness (QED) is 0.749. The molecule has 0 unspecified atom stereocenters. The first-order chi connectivity index (χ1) is 10.9. The van der Waals surface area contributed by atoms with Gasteiger partial charge in [-0.2, -0.15) is 0 Å². The lowest BCUT2D eigenvalue weighted by atomic mass is 9.43. The molecule has 1 heterocycles. The van der Waals surface area contributed by atoms with Crippen LogP contribution in [0, 0.1) is 22.7 Å². The average Bonchev–Trinajstić information content (AvgIpc) is 2.50. The molecule has 1 saturated heterocycles. The number of Topliss-reactive ketones (excluding diaryl/α,β-unsaturated/α-hetero) is 2. The zero-order chi connectivity index (χ0) is 18.1. The van der Waals surface area contributed by atoms with Crippen molar-refractivity contribution in [3.8, 4) is 0 Å². The minimum absolute atomic E-state index is 0.0174. The van der Waals surface area contributed by atoms with Crippen LogP contribution in [-0.4, -0.2) is 34.0 Å². The fraction of sp³-hybridized carbons (Fsp3) is 0.800. The highest BCUT2D eigenvalue weighted by atomic mass is 16.5. The standard InChI is InChI=1S/C20H30O4/c1-7-19(5)15(22)11-13-18(4)9-8-14(21)17(2,3)12(18)10-16(23)20(13,6)24-19/h7,12-13,16,23H,1,8-11H2,2-6H3/t12-,13-,16-,18-,19+,20+/m1/s1. The van der Waals surface area contributed by atoms with E-state index in [9.17, 15) is 14.7 Å². The van der Waals surface area contributed by atoms with Gasteiger partial charge in [-0.25, -0.2) is 0 Å². The SMILES string of the molecule is C=C[C@]1(C)O[C@]2(C)[C@H](O)C[C@@H]3C(C)(C)C(=O)CC[C@@]3(C)[C@H]2CC1=O. The van der Waals surface area contributed by atoms with Crippen molar-refractivity contribution in [2.75, 3.05) is 0 Å². The molecule has 2 aliphatic carbocycles. The normalized spacial score (nSPS) is 50.8. The molecule has 0 aromatic rings. The first kappa shape index (κ1) is 17.8. The number of carbonyl (C=O) groups is 2. The fourth-order valence-corrected chi connectivity index (χ4v) is 5.86. The van der Waals surface area contributed by atoms with E-state index in [1.807, 2.05) is 20.8 Å². The summed E-state index contributed by atoms with van der Waals surface area (Å²) in [5.74, 6) is 0.249. The molecule has 2 saturated carbocycles. The van der Waals surface area contributed by atoms with Gasteiger partial charge in [0.15, 0.2) is 5.78 Å². The fourth-order valence-electron chi connectivity index (χ4n) is 5.86. The van der Waals surface area contributed by atoms with Crippen molar-refractivity contribution in [1.82, 2.24) is 0 Å². The molecule has 0 bridgehead atoms. The summed E-state index contributed by atoms with van der Waals surface area (Å²) in [4.78, 5) is 25.2. The zero-order valence-electron chi connectivity index (χ0n) is 15.5. The van der Waals surface area contributed by atoms with Crippen molar-refractivity contribution < 1.29 is 19.4 Å². The van der Waals surface area contributed by atoms with Gasteiger partial charge in [-0.3, -0.25) is 9.59 Å². The van der Waals surface area contributed by atoms with E-state index in [0.717, 1.165) is 6.42 Å². The number of ether oxygens (including phenoxy) is 1. The molecule has 0 aromatic carbocycles. The van der Waals surface area contributed by atoms with E-state index in [4.69, 9.17) is 4.74 Å². The summed E-state index contributed by atoms with van der Waals surface area (Å²) in [6.07, 6.45) is 3.05. The molecule has 3 rings (SSSR count). The highest BCUT2D eigenvalue weighted by Crippen LogP contribution is 2.64. The molecule has 3 fully saturated rings. The van der Waals surface area contributed by atoms with Gasteiger partial charge in [0.25, 0.3) is 0 Å². The Labute approximate surface area is 144 Å². The summed E-state index contributed by atoms with van der Waals surface area (Å²) < 4.78 is 6.25. The second-order valence-electron chi connectivity index (χ2n) is 9.23. The highest BCUT2D eigenvalue weighted by Gasteiger charge is 2.67. The second-order valence-corrected chi connectivity index (χ2v) is 9.23. The Balaban J connectivity index is 2.08. The van der Waals surface area contributed by atoms with Gasteiger partial charge in [0, 0.05) is 24.2 Å². The van der Waals surface area contributed by atoms with E-state index in [2.05, 4.69) is 13.5 Å². The molecule has 4 heteroatoms. The monoisotopic (exact) mass is 334 g/mol. The first-order valence-corrected chi connectivity index (χ1v) is 9.00. The number of rotatable bonds is 1. The van der Waals surface area contributed by atoms with Gasteiger partial charge in [0.2, 0.25) is 0 Å². The molecular weight excluding hydrogens is 304 g/mol. The molecule has 4 nitrogen and oxygen atoms in total. The Hall–Kier alpha value is -1.00. The maximum absolute atomic E-state index is 12.7. The van der Waals surface area contributed by atoms with Gasteiger partial charge in [-0.1, -0.05) is 33.4 Å². The van der Waals surface area contributed by atoms with Crippen LogP contribution in [0.3, 0.4) is 0 Å². The van der Waals surface area contributed by atoms with Crippen molar-refractivity contribution in [3.05, 3.63) is 12.7 Å². The molecule has 134 valence electrons. The van der Waals surface area contributed by atoms with E-state index in [-0.39, 0.29) is 28.8 Å². The lowest BCUT2D eigenvalue weighted by Crippen LogP contribution is -2.70. The Morgan fingerprint density at radius 1 is 1.12 bits per heavy atom. The molecule has 0 spiro atoms. The van der Waals surface area contributed by atoms with E-state index in [1.54, 1.807) is 13.0 Å². The van der Waals surface area contributed by atoms with Crippen molar-refractivity contribution >= 4 is 11.6 Å². The Kier molecular flexibility index (Phi) is 3.72. The van der Waals surface area contributed by atoms with Crippen LogP contribution >= 0.6 is 0 Å². The molecule has 24 heavy (non-hydrogen) atoms. The van der Waals surface area contributed by atoms with E-state index >= 15 is 0 Å². The van der Waals surface area contributed by atoms with Crippen molar-refractivity contribution in [1.29, 1.82) is 0 Å². The van der Waals surface area contributed by atoms with Crippen LogP contribution in [-0.2, 0) is 14.3 Å². The molecule has 0 aromatic heterocycles. The third-order valence-electron chi connectivity index (χ3n) is 7.65. The van der Waals surface area contributed by atoms with Gasteiger partial charge < -0.3 is 9.84 Å². The molecule has 3 aliphatic rings. The Morgan fingerprint density at radius 3 is 2.33 bits per heavy atom. The average molecular weight is 334 g/mol. The van der Waals surface area contributed by atoms with Crippen LogP contribution in [0.5, 0.6) is 0 Å². The number of hydrogen-bond acceptors (Lipinski definition) is 4. The summed E-state index contributed by atoms with van der Waals surface area (Å²) in [6, 6.07) is 0. The zero-order valence-corrected chi connectivity index (χ0v) is 15.5. The molecule has 0 amide bonds. The smallest absolute Gasteiger partial charge is 0.168 e. The van der Waals surface area contributed by atoms with Crippen LogP contribution in [0.25, 0.3) is 0 Å². The number of carbonyl (C=O) groups excluding carboxylic acids is 2. The molecule has 0 radical (unpaired) electrons. The minimum atomic E-state index is -1.05. The highest BCUT2D eigenvalue weighted by molar-refractivity contribution is 5.90. The van der Waals surface area contributed by atoms with Crippen LogP contribution in [0.2, 0.25) is 0 Å². The van der Waals surface area contributed by atoms with Crippen LogP contribution < -0.4 is 0 Å². The Morgan fingerprint density at radius 2 is 1.75 bits per heavy atom. The maximum Gasteiger partial charge on any atom is 0.168 e. The van der Waals surface area contributed by atoms with Crippen LogP contribution in [0.15, 0.2) is 12.7 Å². The summed E-state index contributed by atoms with van der Waals surface area (Å²) in [5, 5.41) is 11.0. The third kappa shape index (κ3) is 2.05. The summed E-state index contributed by atoms with van der Waals surface area (Å²) >= 11 is 0. The number of fused-ring (bicyclic) bond motifs is 3. The van der Waals surface area contributed by atoms with Crippen molar-refractivity contribution in [3.63, 3.8) is 0 Å². The van der Waals surface area contributed by atoms with Crippen LogP contribution in [0.4, 0.5) is 0 Å². The van der Waals surface area contributed by atoms with E-state index < -0.39 is 22.7 Å². The van der Waals surface area contributed by atoms with Crippen molar-refractivity contribution in [2.24, 2.45) is 22.7 Å². The van der Waals surface area contributed by atoms with E-state index in [0.29, 0.717) is 19.3 Å². The predicted molar refractivity (Wildman–Crippen MR) is 91.4 cm³/mol. The number of aliphatic hydroxyl groups is 1. The number of ketones is 2. The number of aliphatic hydroxyl groups excluding tert-OH is 1. The molecular formula is C20H30O4. The van der Waals surface area contributed by atoms with Crippen molar-refractivity contribution in [2.45, 2.75) is 77.6 Å². The van der Waals surface area contributed by atoms with Gasteiger partial charge in [0.05, 0.1) is 11.7 Å². The van der Waals surface area contributed by atoms with Gasteiger partial charge >= 0.3 is 0 Å².